The summed E-state index contributed by atoms with van der Waals surface area (Å²) in [6, 6.07) is 8.04. The number of carbonyl (C=O) groups excluding carboxylic acids is 1. The summed E-state index contributed by atoms with van der Waals surface area (Å²) < 4.78 is 0. The Morgan fingerprint density at radius 1 is 1.37 bits per heavy atom. The second-order valence-corrected chi connectivity index (χ2v) is 5.95. The van der Waals surface area contributed by atoms with E-state index >= 15 is 0 Å². The van der Waals surface area contributed by atoms with E-state index in [9.17, 15) is 4.79 Å². The van der Waals surface area contributed by atoms with Gasteiger partial charge in [-0.05, 0) is 19.4 Å². The van der Waals surface area contributed by atoms with E-state index in [0.29, 0.717) is 13.0 Å². The number of hydrogen-bond donors (Lipinski definition) is 1. The predicted octanol–water partition coefficient (Wildman–Crippen LogP) is 2.66. The van der Waals surface area contributed by atoms with E-state index in [2.05, 4.69) is 10.3 Å². The Morgan fingerprint density at radius 2 is 2.21 bits per heavy atom. The van der Waals surface area contributed by atoms with E-state index in [0.717, 1.165) is 17.0 Å². The monoisotopic (exact) mass is 274 g/mol. The average molecular weight is 274 g/mol. The van der Waals surface area contributed by atoms with E-state index < -0.39 is 0 Å². The molecular weight excluding hydrogens is 256 g/mol. The molecule has 0 aliphatic heterocycles. The van der Waals surface area contributed by atoms with E-state index in [1.165, 1.54) is 10.4 Å². The quantitative estimate of drug-likeness (QED) is 0.910. The number of thiazole rings is 1. The predicted molar refractivity (Wildman–Crippen MR) is 78.4 cm³/mol. The summed E-state index contributed by atoms with van der Waals surface area (Å²) in [6.07, 6.45) is 3.12. The van der Waals surface area contributed by atoms with Crippen LogP contribution in [0.2, 0.25) is 0 Å². The van der Waals surface area contributed by atoms with Crippen molar-refractivity contribution in [3.05, 3.63) is 51.5 Å². The second-order valence-electron chi connectivity index (χ2n) is 4.63. The van der Waals surface area contributed by atoms with Crippen LogP contribution in [-0.2, 0) is 17.6 Å². The summed E-state index contributed by atoms with van der Waals surface area (Å²) in [6.45, 7) is 4.72. The van der Waals surface area contributed by atoms with Gasteiger partial charge in [-0.1, -0.05) is 29.8 Å². The summed E-state index contributed by atoms with van der Waals surface area (Å²) in [5, 5.41) is 4.01. The standard InChI is InChI=1S/C15H18N2OS/c1-11-4-3-5-13(8-11)9-14(18)16-7-6-15-17-10-12(2)19-15/h3-5,8,10H,6-7,9H2,1-2H3,(H,16,18). The van der Waals surface area contributed by atoms with Crippen molar-refractivity contribution in [2.45, 2.75) is 26.7 Å². The molecular formula is C15H18N2OS. The molecule has 3 nitrogen and oxygen atoms in total. The first-order valence-electron chi connectivity index (χ1n) is 6.37. The lowest BCUT2D eigenvalue weighted by Crippen LogP contribution is -2.27. The van der Waals surface area contributed by atoms with Crippen LogP contribution in [-0.4, -0.2) is 17.4 Å². The maximum atomic E-state index is 11.8. The van der Waals surface area contributed by atoms with E-state index in [1.807, 2.05) is 44.3 Å². The van der Waals surface area contributed by atoms with Crippen LogP contribution in [0, 0.1) is 13.8 Å². The van der Waals surface area contributed by atoms with Crippen LogP contribution in [0.25, 0.3) is 0 Å². The van der Waals surface area contributed by atoms with Crippen molar-refractivity contribution in [1.29, 1.82) is 0 Å². The Bertz CT molecular complexity index is 563. The highest BCUT2D eigenvalue weighted by Crippen LogP contribution is 2.11. The van der Waals surface area contributed by atoms with Gasteiger partial charge in [-0.3, -0.25) is 4.79 Å². The Hall–Kier alpha value is -1.68. The van der Waals surface area contributed by atoms with E-state index in [-0.39, 0.29) is 5.91 Å². The molecule has 0 fully saturated rings. The van der Waals surface area contributed by atoms with Crippen LogP contribution in [0.15, 0.2) is 30.5 Å². The molecule has 1 heterocycles. The number of benzene rings is 1. The van der Waals surface area contributed by atoms with Crippen LogP contribution >= 0.6 is 11.3 Å². The average Bonchev–Trinajstić information content (AvgIpc) is 2.75. The van der Waals surface area contributed by atoms with Gasteiger partial charge < -0.3 is 5.32 Å². The van der Waals surface area contributed by atoms with Gasteiger partial charge in [-0.15, -0.1) is 11.3 Å². The summed E-state index contributed by atoms with van der Waals surface area (Å²) in [5.41, 5.74) is 2.24. The van der Waals surface area contributed by atoms with Gasteiger partial charge in [0, 0.05) is 24.0 Å². The molecule has 1 N–H and O–H groups in total. The van der Waals surface area contributed by atoms with Gasteiger partial charge >= 0.3 is 0 Å². The lowest BCUT2D eigenvalue weighted by molar-refractivity contribution is -0.120. The highest BCUT2D eigenvalue weighted by molar-refractivity contribution is 7.11. The van der Waals surface area contributed by atoms with Gasteiger partial charge in [0.05, 0.1) is 11.4 Å². The number of aryl methyl sites for hydroxylation is 2. The second kappa shape index (κ2) is 6.48. The van der Waals surface area contributed by atoms with Crippen molar-refractivity contribution < 1.29 is 4.79 Å². The van der Waals surface area contributed by atoms with E-state index in [4.69, 9.17) is 0 Å². The van der Waals surface area contributed by atoms with E-state index in [1.54, 1.807) is 11.3 Å². The van der Waals surface area contributed by atoms with Gasteiger partial charge in [0.2, 0.25) is 5.91 Å². The zero-order valence-corrected chi connectivity index (χ0v) is 12.1. The summed E-state index contributed by atoms with van der Waals surface area (Å²) >= 11 is 1.68. The van der Waals surface area contributed by atoms with Crippen LogP contribution in [0.4, 0.5) is 0 Å². The van der Waals surface area contributed by atoms with Crippen molar-refractivity contribution in [3.8, 4) is 0 Å². The molecule has 0 bridgehead atoms. The first-order chi connectivity index (χ1) is 9.13. The molecule has 4 heteroatoms. The van der Waals surface area contributed by atoms with Crippen molar-refractivity contribution in [1.82, 2.24) is 10.3 Å². The SMILES string of the molecule is Cc1cccc(CC(=O)NCCc2ncc(C)s2)c1. The molecule has 0 saturated carbocycles. The van der Waals surface area contributed by atoms with Gasteiger partial charge in [0.1, 0.15) is 0 Å². The smallest absolute Gasteiger partial charge is 0.224 e. The number of carbonyl (C=O) groups is 1. The number of rotatable bonds is 5. The van der Waals surface area contributed by atoms with Gasteiger partial charge in [-0.2, -0.15) is 0 Å². The first-order valence-corrected chi connectivity index (χ1v) is 7.18. The van der Waals surface area contributed by atoms with Gasteiger partial charge in [-0.25, -0.2) is 4.98 Å². The van der Waals surface area contributed by atoms with Crippen LogP contribution < -0.4 is 5.32 Å². The number of amides is 1. The molecule has 0 unspecified atom stereocenters. The molecule has 19 heavy (non-hydrogen) atoms. The Kier molecular flexibility index (Phi) is 4.68. The van der Waals surface area contributed by atoms with Crippen molar-refractivity contribution in [2.75, 3.05) is 6.54 Å². The highest BCUT2D eigenvalue weighted by atomic mass is 32.1. The normalized spacial score (nSPS) is 10.4. The zero-order chi connectivity index (χ0) is 13.7. The molecule has 0 radical (unpaired) electrons. The topological polar surface area (TPSA) is 42.0 Å². The van der Waals surface area contributed by atoms with Gasteiger partial charge in [0.15, 0.2) is 0 Å². The molecule has 1 amide bonds. The number of nitrogens with one attached hydrogen (secondary N) is 1. The lowest BCUT2D eigenvalue weighted by atomic mass is 10.1. The highest BCUT2D eigenvalue weighted by Gasteiger charge is 2.04. The summed E-state index contributed by atoms with van der Waals surface area (Å²) in [4.78, 5) is 17.3. The summed E-state index contributed by atoms with van der Waals surface area (Å²) in [7, 11) is 0. The zero-order valence-electron chi connectivity index (χ0n) is 11.3. The Balaban J connectivity index is 1.76. The van der Waals surface area contributed by atoms with Crippen LogP contribution in [0.3, 0.4) is 0 Å². The van der Waals surface area contributed by atoms with Crippen LogP contribution in [0.5, 0.6) is 0 Å². The minimum Gasteiger partial charge on any atom is -0.355 e. The Morgan fingerprint density at radius 3 is 2.89 bits per heavy atom. The maximum Gasteiger partial charge on any atom is 0.224 e. The van der Waals surface area contributed by atoms with Crippen LogP contribution in [0.1, 0.15) is 21.0 Å². The molecule has 0 saturated heterocycles. The molecule has 100 valence electrons. The molecule has 1 aromatic carbocycles. The fraction of sp³-hybridized carbons (Fsp3) is 0.333. The molecule has 0 aliphatic carbocycles. The maximum absolute atomic E-state index is 11.8. The molecule has 2 aromatic rings. The molecule has 2 rings (SSSR count). The first kappa shape index (κ1) is 13.7. The van der Waals surface area contributed by atoms with Crippen molar-refractivity contribution in [3.63, 3.8) is 0 Å². The van der Waals surface area contributed by atoms with Crippen molar-refractivity contribution >= 4 is 17.2 Å². The minimum absolute atomic E-state index is 0.0684. The largest absolute Gasteiger partial charge is 0.355 e. The molecule has 1 aromatic heterocycles. The molecule has 0 spiro atoms. The van der Waals surface area contributed by atoms with Gasteiger partial charge in [0.25, 0.3) is 0 Å². The third kappa shape index (κ3) is 4.48. The Labute approximate surface area is 117 Å². The lowest BCUT2D eigenvalue weighted by Gasteiger charge is -2.04. The summed E-state index contributed by atoms with van der Waals surface area (Å²) in [5.74, 6) is 0.0684. The fourth-order valence-corrected chi connectivity index (χ4v) is 2.68. The molecule has 0 atom stereocenters. The number of nitrogens with zero attached hydrogens (tertiary/aromatic N) is 1. The molecule has 0 aliphatic rings. The minimum atomic E-state index is 0.0684. The third-order valence-corrected chi connectivity index (χ3v) is 3.75. The number of aromatic nitrogens is 1. The van der Waals surface area contributed by atoms with Crippen molar-refractivity contribution in [2.24, 2.45) is 0 Å². The number of hydrogen-bond acceptors (Lipinski definition) is 3. The fourth-order valence-electron chi connectivity index (χ4n) is 1.90. The third-order valence-electron chi connectivity index (χ3n) is 2.78.